The fourth-order valence-corrected chi connectivity index (χ4v) is 11.8. The van der Waals surface area contributed by atoms with Gasteiger partial charge in [0.05, 0.1) is 0 Å². The first-order chi connectivity index (χ1) is 23.3. The van der Waals surface area contributed by atoms with E-state index < -0.39 is 36.1 Å². The third-order valence-corrected chi connectivity index (χ3v) is 14.0. The lowest BCUT2D eigenvalue weighted by atomic mass is 10.1. The van der Waals surface area contributed by atoms with Gasteiger partial charge in [-0.1, -0.05) is 78.4 Å². The van der Waals surface area contributed by atoms with Gasteiger partial charge in [-0.25, -0.2) is 3.63 Å². The molecule has 0 N–H and O–H groups in total. The second-order valence-corrected chi connectivity index (χ2v) is 18.3. The van der Waals surface area contributed by atoms with Gasteiger partial charge in [0, 0.05) is 25.5 Å². The van der Waals surface area contributed by atoms with Crippen LogP contribution in [0.5, 0.6) is 11.5 Å². The van der Waals surface area contributed by atoms with E-state index in [0.717, 1.165) is 5.56 Å². The predicted octanol–water partition coefficient (Wildman–Crippen LogP) is 9.70. The first-order valence-corrected chi connectivity index (χ1v) is 19.9. The van der Waals surface area contributed by atoms with Crippen molar-refractivity contribution in [3.8, 4) is 11.5 Å². The SMILES string of the molecule is Cc1ccc(S(=O)(=O)Oc2cccc3c(S(=O)(=O)OS(c4ccccc4)(c4ccccc4)c4ccc(OC(C)(C)C)cc4)cccc23)cc1. The van der Waals surface area contributed by atoms with Gasteiger partial charge in [0.25, 0.3) is 0 Å². The van der Waals surface area contributed by atoms with Crippen molar-refractivity contribution in [1.29, 1.82) is 0 Å². The average molecular weight is 713 g/mol. The molecule has 0 aromatic heterocycles. The fourth-order valence-electron chi connectivity index (χ4n) is 5.39. The first-order valence-electron chi connectivity index (χ1n) is 15.5. The Morgan fingerprint density at radius 2 is 1.00 bits per heavy atom. The molecule has 0 aliphatic rings. The van der Waals surface area contributed by atoms with E-state index in [-0.39, 0.29) is 20.9 Å². The van der Waals surface area contributed by atoms with E-state index in [1.54, 1.807) is 36.4 Å². The largest absolute Gasteiger partial charge is 0.488 e. The maximum absolute atomic E-state index is 14.7. The summed E-state index contributed by atoms with van der Waals surface area (Å²) < 4.78 is 74.1. The molecule has 6 rings (SSSR count). The van der Waals surface area contributed by atoms with Crippen LogP contribution in [0, 0.1) is 6.92 Å². The van der Waals surface area contributed by atoms with Crippen LogP contribution in [0.4, 0.5) is 0 Å². The van der Waals surface area contributed by atoms with E-state index in [1.165, 1.54) is 24.3 Å². The van der Waals surface area contributed by atoms with Crippen LogP contribution in [0.2, 0.25) is 0 Å². The fraction of sp³-hybridized carbons (Fsp3) is 0.128. The molecule has 0 spiro atoms. The molecule has 0 saturated heterocycles. The van der Waals surface area contributed by atoms with Gasteiger partial charge in [0.15, 0.2) is 5.75 Å². The maximum atomic E-state index is 14.7. The third-order valence-electron chi connectivity index (χ3n) is 7.54. The van der Waals surface area contributed by atoms with E-state index in [4.69, 9.17) is 12.5 Å². The first kappa shape index (κ1) is 34.3. The number of ether oxygens (including phenoxy) is 1. The molecule has 0 aliphatic heterocycles. The Hall–Kier alpha value is -4.61. The van der Waals surface area contributed by atoms with Gasteiger partial charge < -0.3 is 8.92 Å². The number of hydrogen-bond donors (Lipinski definition) is 0. The number of fused-ring (bicyclic) bond motifs is 1. The lowest BCUT2D eigenvalue weighted by Crippen LogP contribution is -2.22. The Kier molecular flexibility index (Phi) is 9.34. The summed E-state index contributed by atoms with van der Waals surface area (Å²) in [5.74, 6) is 0.630. The topological polar surface area (TPSA) is 96.0 Å². The van der Waals surface area contributed by atoms with E-state index in [2.05, 4.69) is 0 Å². The minimum absolute atomic E-state index is 0.00529. The van der Waals surface area contributed by atoms with Crippen LogP contribution in [-0.2, 0) is 23.9 Å². The molecule has 0 amide bonds. The van der Waals surface area contributed by atoms with Gasteiger partial charge in [-0.15, -0.1) is 0 Å². The van der Waals surface area contributed by atoms with Crippen LogP contribution in [0.25, 0.3) is 10.8 Å². The smallest absolute Gasteiger partial charge is 0.339 e. The monoisotopic (exact) mass is 712 g/mol. The summed E-state index contributed by atoms with van der Waals surface area (Å²) in [6, 6.07) is 41.5. The molecule has 0 aliphatic carbocycles. The molecule has 0 heterocycles. The van der Waals surface area contributed by atoms with Crippen molar-refractivity contribution in [2.45, 2.75) is 57.8 Å². The second-order valence-electron chi connectivity index (χ2n) is 12.3. The van der Waals surface area contributed by atoms with E-state index in [1.807, 2.05) is 113 Å². The Balaban J connectivity index is 1.50. The number of rotatable bonds is 10. The summed E-state index contributed by atoms with van der Waals surface area (Å²) >= 11 is 0. The molecular formula is C39H36O7S3. The second kappa shape index (κ2) is 13.4. The minimum Gasteiger partial charge on any atom is -0.488 e. The molecule has 0 fully saturated rings. The highest BCUT2D eigenvalue weighted by Crippen LogP contribution is 2.70. The number of aryl methyl sites for hydroxylation is 1. The summed E-state index contributed by atoms with van der Waals surface area (Å²) in [4.78, 5) is 1.84. The van der Waals surface area contributed by atoms with Crippen molar-refractivity contribution >= 4 is 41.3 Å². The van der Waals surface area contributed by atoms with Crippen LogP contribution in [-0.4, -0.2) is 22.4 Å². The van der Waals surface area contributed by atoms with Crippen molar-refractivity contribution in [2.24, 2.45) is 0 Å². The lowest BCUT2D eigenvalue weighted by Gasteiger charge is -2.39. The van der Waals surface area contributed by atoms with Gasteiger partial charge >= 0.3 is 20.2 Å². The molecule has 0 atom stereocenters. The number of benzene rings is 6. The zero-order valence-corrected chi connectivity index (χ0v) is 29.9. The summed E-state index contributed by atoms with van der Waals surface area (Å²) in [6.07, 6.45) is 0. The highest BCUT2D eigenvalue weighted by atomic mass is 32.3. The Labute approximate surface area is 289 Å². The summed E-state index contributed by atoms with van der Waals surface area (Å²) in [5, 5.41) is 0.550. The van der Waals surface area contributed by atoms with Crippen LogP contribution in [0.3, 0.4) is 0 Å². The molecule has 10 heteroatoms. The van der Waals surface area contributed by atoms with Gasteiger partial charge in [0.2, 0.25) is 0 Å². The molecule has 7 nitrogen and oxygen atoms in total. The average Bonchev–Trinajstić information content (AvgIpc) is 3.08. The molecule has 0 bridgehead atoms. The minimum atomic E-state index is -4.54. The zero-order chi connectivity index (χ0) is 34.9. The predicted molar refractivity (Wildman–Crippen MR) is 193 cm³/mol. The molecular weight excluding hydrogens is 677 g/mol. The van der Waals surface area contributed by atoms with Crippen molar-refractivity contribution in [1.82, 2.24) is 0 Å². The molecule has 0 unspecified atom stereocenters. The summed E-state index contributed by atoms with van der Waals surface area (Å²) in [5.41, 5.74) is 0.470. The highest BCUT2D eigenvalue weighted by molar-refractivity contribution is 8.33. The number of hydrogen-bond acceptors (Lipinski definition) is 7. The van der Waals surface area contributed by atoms with Crippen LogP contribution >= 0.6 is 10.3 Å². The molecule has 0 radical (unpaired) electrons. The maximum Gasteiger partial charge on any atom is 0.339 e. The van der Waals surface area contributed by atoms with Crippen molar-refractivity contribution in [3.05, 3.63) is 151 Å². The molecule has 6 aromatic rings. The van der Waals surface area contributed by atoms with Crippen LogP contribution in [0.15, 0.2) is 170 Å². The Morgan fingerprint density at radius 3 is 1.57 bits per heavy atom. The zero-order valence-electron chi connectivity index (χ0n) is 27.4. The lowest BCUT2D eigenvalue weighted by molar-refractivity contribution is 0.131. The Bertz CT molecular complexity index is 2260. The summed E-state index contributed by atoms with van der Waals surface area (Å²) in [6.45, 7) is 7.73. The van der Waals surface area contributed by atoms with E-state index in [9.17, 15) is 16.8 Å². The molecule has 49 heavy (non-hydrogen) atoms. The van der Waals surface area contributed by atoms with E-state index in [0.29, 0.717) is 25.8 Å². The standard InChI is InChI=1S/C39H36O7S3/c1-29-21-25-34(26-22-29)48(40,41)45-37-19-11-18-36-35(37)17-12-20-38(36)49(42,43)46-47(31-13-7-5-8-14-31,32-15-9-6-10-16-32)33-27-23-30(24-28-33)44-39(2,3)4/h5-28H,1-4H3. The van der Waals surface area contributed by atoms with Crippen molar-refractivity contribution in [3.63, 3.8) is 0 Å². The molecule has 6 aromatic carbocycles. The van der Waals surface area contributed by atoms with Gasteiger partial charge in [-0.3, -0.25) is 0 Å². The quantitative estimate of drug-likeness (QED) is 0.131. The molecule has 0 saturated carbocycles. The Morgan fingerprint density at radius 1 is 0.490 bits per heavy atom. The van der Waals surface area contributed by atoms with Crippen molar-refractivity contribution < 1.29 is 29.4 Å². The van der Waals surface area contributed by atoms with Gasteiger partial charge in [0.1, 0.15) is 21.1 Å². The van der Waals surface area contributed by atoms with Crippen LogP contribution in [0.1, 0.15) is 26.3 Å². The van der Waals surface area contributed by atoms with Gasteiger partial charge in [-0.05, 0) is 111 Å². The highest BCUT2D eigenvalue weighted by Gasteiger charge is 2.39. The van der Waals surface area contributed by atoms with Gasteiger partial charge in [-0.2, -0.15) is 16.8 Å². The van der Waals surface area contributed by atoms with E-state index >= 15 is 0 Å². The van der Waals surface area contributed by atoms with Crippen molar-refractivity contribution in [2.75, 3.05) is 0 Å². The van der Waals surface area contributed by atoms with Crippen LogP contribution < -0.4 is 8.92 Å². The molecule has 252 valence electrons. The normalized spacial score (nSPS) is 12.8. The summed E-state index contributed by atoms with van der Waals surface area (Å²) in [7, 11) is -11.7. The third kappa shape index (κ3) is 7.23.